The molecule has 21 heavy (non-hydrogen) atoms. The highest BCUT2D eigenvalue weighted by Gasteiger charge is 2.15. The third-order valence-electron chi connectivity index (χ3n) is 3.48. The van der Waals surface area contributed by atoms with Gasteiger partial charge in [0.2, 0.25) is 0 Å². The number of likely N-dealkylation sites (N-methyl/N-ethyl adjacent to an activating group) is 1. The minimum atomic E-state index is 0.344. The highest BCUT2D eigenvalue weighted by Crippen LogP contribution is 2.29. The van der Waals surface area contributed by atoms with Crippen LogP contribution in [0.3, 0.4) is 0 Å². The van der Waals surface area contributed by atoms with E-state index in [0.717, 1.165) is 28.2 Å². The maximum absolute atomic E-state index is 6.12. The Balaban J connectivity index is 2.30. The Morgan fingerprint density at radius 3 is 2.71 bits per heavy atom. The van der Waals surface area contributed by atoms with Gasteiger partial charge in [0.25, 0.3) is 0 Å². The fourth-order valence-electron chi connectivity index (χ4n) is 2.49. The van der Waals surface area contributed by atoms with Gasteiger partial charge in [-0.25, -0.2) is 0 Å². The molecule has 0 spiro atoms. The van der Waals surface area contributed by atoms with Crippen LogP contribution < -0.4 is 10.1 Å². The number of hydrogen-bond acceptors (Lipinski definition) is 2. The van der Waals surface area contributed by atoms with Crippen molar-refractivity contribution in [1.82, 2.24) is 5.32 Å². The second-order valence-corrected chi connectivity index (χ2v) is 6.32. The van der Waals surface area contributed by atoms with Gasteiger partial charge in [-0.15, -0.1) is 0 Å². The van der Waals surface area contributed by atoms with E-state index in [-0.39, 0.29) is 0 Å². The first-order valence-corrected chi connectivity index (χ1v) is 8.03. The summed E-state index contributed by atoms with van der Waals surface area (Å²) in [7, 11) is 3.68. The van der Waals surface area contributed by atoms with Gasteiger partial charge in [0, 0.05) is 22.0 Å². The smallest absolute Gasteiger partial charge is 0.122 e. The number of rotatable bonds is 6. The van der Waals surface area contributed by atoms with Crippen LogP contribution in [-0.4, -0.2) is 20.7 Å². The predicted molar refractivity (Wildman–Crippen MR) is 92.5 cm³/mol. The van der Waals surface area contributed by atoms with Crippen LogP contribution in [0.5, 0.6) is 5.75 Å². The zero-order chi connectivity index (χ0) is 15.2. The van der Waals surface area contributed by atoms with E-state index in [1.807, 2.05) is 37.4 Å². The highest BCUT2D eigenvalue weighted by molar-refractivity contribution is 9.10. The van der Waals surface area contributed by atoms with Crippen LogP contribution in [-0.2, 0) is 6.42 Å². The maximum atomic E-state index is 6.12. The Morgan fingerprint density at radius 2 is 2.05 bits per heavy atom. The lowest BCUT2D eigenvalue weighted by Gasteiger charge is -2.19. The van der Waals surface area contributed by atoms with E-state index >= 15 is 0 Å². The Labute approximate surface area is 139 Å². The van der Waals surface area contributed by atoms with Gasteiger partial charge in [-0.2, -0.15) is 0 Å². The molecule has 112 valence electrons. The zero-order valence-corrected chi connectivity index (χ0v) is 14.5. The number of hydrogen-bond donors (Lipinski definition) is 1. The molecular weight excluding hydrogens is 350 g/mol. The first-order chi connectivity index (χ1) is 10.1. The Morgan fingerprint density at radius 1 is 1.24 bits per heavy atom. The van der Waals surface area contributed by atoms with Gasteiger partial charge in [-0.3, -0.25) is 0 Å². The Bertz CT molecular complexity index is 603. The molecule has 0 amide bonds. The summed E-state index contributed by atoms with van der Waals surface area (Å²) in [5, 5.41) is 4.04. The van der Waals surface area contributed by atoms with Gasteiger partial charge in [-0.1, -0.05) is 39.7 Å². The molecule has 2 nitrogen and oxygen atoms in total. The van der Waals surface area contributed by atoms with E-state index in [9.17, 15) is 0 Å². The molecule has 4 heteroatoms. The van der Waals surface area contributed by atoms with Crippen LogP contribution in [0.4, 0.5) is 0 Å². The van der Waals surface area contributed by atoms with Crippen molar-refractivity contribution in [2.45, 2.75) is 12.3 Å². The van der Waals surface area contributed by atoms with Crippen molar-refractivity contribution in [3.05, 3.63) is 63.1 Å². The second-order valence-electron chi connectivity index (χ2n) is 4.97. The van der Waals surface area contributed by atoms with Crippen molar-refractivity contribution >= 4 is 27.5 Å². The summed E-state index contributed by atoms with van der Waals surface area (Å²) in [5.41, 5.74) is 2.42. The van der Waals surface area contributed by atoms with Crippen LogP contribution in [0.1, 0.15) is 17.0 Å². The topological polar surface area (TPSA) is 21.3 Å². The molecule has 1 unspecified atom stereocenters. The van der Waals surface area contributed by atoms with Gasteiger partial charge in [0.1, 0.15) is 5.75 Å². The average Bonchev–Trinajstić information content (AvgIpc) is 2.47. The molecule has 0 fully saturated rings. The Kier molecular flexibility index (Phi) is 6.09. The van der Waals surface area contributed by atoms with Crippen LogP contribution in [0, 0.1) is 0 Å². The van der Waals surface area contributed by atoms with Gasteiger partial charge in [-0.05, 0) is 54.9 Å². The van der Waals surface area contributed by atoms with Crippen molar-refractivity contribution in [3.63, 3.8) is 0 Å². The van der Waals surface area contributed by atoms with Gasteiger partial charge in [0.05, 0.1) is 7.11 Å². The maximum Gasteiger partial charge on any atom is 0.122 e. The normalized spacial score (nSPS) is 12.2. The molecule has 0 aliphatic heterocycles. The zero-order valence-electron chi connectivity index (χ0n) is 12.2. The molecule has 0 heterocycles. The standard InChI is InChI=1S/C17H19BrClNO/c1-20-11-14(12-4-3-5-16(19)10-12)8-13-9-15(18)6-7-17(13)21-2/h3-7,9-10,14,20H,8,11H2,1-2H3. The summed E-state index contributed by atoms with van der Waals surface area (Å²) in [5.74, 6) is 1.26. The lowest BCUT2D eigenvalue weighted by molar-refractivity contribution is 0.407. The summed E-state index contributed by atoms with van der Waals surface area (Å²) >= 11 is 9.65. The summed E-state index contributed by atoms with van der Waals surface area (Å²) in [4.78, 5) is 0. The van der Waals surface area contributed by atoms with Crippen LogP contribution >= 0.6 is 27.5 Å². The van der Waals surface area contributed by atoms with E-state index in [1.165, 1.54) is 11.1 Å². The third kappa shape index (κ3) is 4.47. The van der Waals surface area contributed by atoms with Crippen LogP contribution in [0.2, 0.25) is 5.02 Å². The number of nitrogens with one attached hydrogen (secondary N) is 1. The number of benzene rings is 2. The van der Waals surface area contributed by atoms with E-state index < -0.39 is 0 Å². The van der Waals surface area contributed by atoms with Gasteiger partial charge in [0.15, 0.2) is 0 Å². The summed E-state index contributed by atoms with van der Waals surface area (Å²) < 4.78 is 6.53. The molecule has 2 aromatic carbocycles. The van der Waals surface area contributed by atoms with E-state index in [4.69, 9.17) is 16.3 Å². The van der Waals surface area contributed by atoms with Crippen molar-refractivity contribution in [3.8, 4) is 5.75 Å². The average molecular weight is 369 g/mol. The summed E-state index contributed by atoms with van der Waals surface area (Å²) in [6.07, 6.45) is 0.893. The monoisotopic (exact) mass is 367 g/mol. The largest absolute Gasteiger partial charge is 0.496 e. The molecule has 0 aliphatic carbocycles. The molecule has 0 aliphatic rings. The summed E-state index contributed by atoms with van der Waals surface area (Å²) in [6, 6.07) is 14.2. The lowest BCUT2D eigenvalue weighted by Crippen LogP contribution is -2.19. The van der Waals surface area contributed by atoms with Crippen molar-refractivity contribution < 1.29 is 4.74 Å². The van der Waals surface area contributed by atoms with Gasteiger partial charge >= 0.3 is 0 Å². The Hall–Kier alpha value is -1.03. The molecule has 0 saturated carbocycles. The molecule has 0 radical (unpaired) electrons. The second kappa shape index (κ2) is 7.83. The molecule has 1 atom stereocenters. The number of methoxy groups -OCH3 is 1. The quantitative estimate of drug-likeness (QED) is 0.801. The minimum Gasteiger partial charge on any atom is -0.496 e. The van der Waals surface area contributed by atoms with Gasteiger partial charge < -0.3 is 10.1 Å². The van der Waals surface area contributed by atoms with Crippen LogP contribution in [0.25, 0.3) is 0 Å². The first kappa shape index (κ1) is 16.3. The lowest BCUT2D eigenvalue weighted by atomic mass is 9.91. The van der Waals surface area contributed by atoms with Crippen molar-refractivity contribution in [1.29, 1.82) is 0 Å². The molecule has 0 aromatic heterocycles. The first-order valence-electron chi connectivity index (χ1n) is 6.86. The molecule has 0 bridgehead atoms. The fourth-order valence-corrected chi connectivity index (χ4v) is 3.09. The minimum absolute atomic E-state index is 0.344. The molecule has 1 N–H and O–H groups in total. The third-order valence-corrected chi connectivity index (χ3v) is 4.21. The highest BCUT2D eigenvalue weighted by atomic mass is 79.9. The van der Waals surface area contributed by atoms with Crippen LogP contribution in [0.15, 0.2) is 46.9 Å². The van der Waals surface area contributed by atoms with E-state index in [0.29, 0.717) is 5.92 Å². The number of halogens is 2. The molecule has 2 rings (SSSR count). The van der Waals surface area contributed by atoms with E-state index in [1.54, 1.807) is 7.11 Å². The fraction of sp³-hybridized carbons (Fsp3) is 0.294. The summed E-state index contributed by atoms with van der Waals surface area (Å²) in [6.45, 7) is 0.885. The molecular formula is C17H19BrClNO. The van der Waals surface area contributed by atoms with Crippen molar-refractivity contribution in [2.24, 2.45) is 0 Å². The molecule has 2 aromatic rings. The van der Waals surface area contributed by atoms with Crippen molar-refractivity contribution in [2.75, 3.05) is 20.7 Å². The van der Waals surface area contributed by atoms with E-state index in [2.05, 4.69) is 33.4 Å². The SMILES string of the molecule is CNCC(Cc1cc(Br)ccc1OC)c1cccc(Cl)c1. The number of ether oxygens (including phenoxy) is 1. The molecule has 0 saturated heterocycles. The predicted octanol–water partition coefficient (Wildman–Crippen LogP) is 4.66.